The SMILES string of the molecule is NC(=O)N(Cc1cc(Cl)ccc1Cl)C1(C(=O)N2CCN(C3CC3)c3ccccc32)CC1. The molecule has 6 nitrogen and oxygen atoms in total. The summed E-state index contributed by atoms with van der Waals surface area (Å²) in [4.78, 5) is 32.0. The van der Waals surface area contributed by atoms with Gasteiger partial charge in [-0.2, -0.15) is 0 Å². The van der Waals surface area contributed by atoms with Crippen LogP contribution in [0.5, 0.6) is 0 Å². The molecule has 1 aliphatic heterocycles. The van der Waals surface area contributed by atoms with Crippen molar-refractivity contribution in [2.75, 3.05) is 22.9 Å². The third-order valence-corrected chi connectivity index (χ3v) is 7.12. The zero-order valence-electron chi connectivity index (χ0n) is 17.1. The first-order valence-electron chi connectivity index (χ1n) is 10.6. The van der Waals surface area contributed by atoms with Crippen molar-refractivity contribution in [3.63, 3.8) is 0 Å². The van der Waals surface area contributed by atoms with Gasteiger partial charge in [0.1, 0.15) is 5.54 Å². The fourth-order valence-corrected chi connectivity index (χ4v) is 4.98. The van der Waals surface area contributed by atoms with E-state index in [1.54, 1.807) is 18.2 Å². The summed E-state index contributed by atoms with van der Waals surface area (Å²) in [6.45, 7) is 1.53. The monoisotopic (exact) mass is 458 g/mol. The number of carbonyl (C=O) groups excluding carboxylic acids is 2. The number of hydrogen-bond donors (Lipinski definition) is 1. The highest BCUT2D eigenvalue weighted by molar-refractivity contribution is 6.33. The molecule has 0 atom stereocenters. The smallest absolute Gasteiger partial charge is 0.315 e. The van der Waals surface area contributed by atoms with Crippen molar-refractivity contribution < 1.29 is 9.59 Å². The van der Waals surface area contributed by atoms with Crippen LogP contribution in [-0.2, 0) is 11.3 Å². The summed E-state index contributed by atoms with van der Waals surface area (Å²) in [6, 6.07) is 13.0. The van der Waals surface area contributed by atoms with E-state index in [-0.39, 0.29) is 12.5 Å². The van der Waals surface area contributed by atoms with Crippen LogP contribution in [-0.4, -0.2) is 41.5 Å². The summed E-state index contributed by atoms with van der Waals surface area (Å²) >= 11 is 12.4. The number of carbonyl (C=O) groups is 2. The Morgan fingerprint density at radius 2 is 1.77 bits per heavy atom. The molecule has 162 valence electrons. The minimum Gasteiger partial charge on any atom is -0.365 e. The van der Waals surface area contributed by atoms with Crippen molar-refractivity contribution in [1.29, 1.82) is 0 Å². The highest BCUT2D eigenvalue weighted by atomic mass is 35.5. The van der Waals surface area contributed by atoms with Gasteiger partial charge >= 0.3 is 6.03 Å². The second-order valence-electron chi connectivity index (χ2n) is 8.56. The molecule has 1 heterocycles. The molecular weight excluding hydrogens is 435 g/mol. The van der Waals surface area contributed by atoms with Crippen molar-refractivity contribution >= 4 is 46.5 Å². The predicted molar refractivity (Wildman–Crippen MR) is 123 cm³/mol. The van der Waals surface area contributed by atoms with Crippen molar-refractivity contribution in [2.45, 2.75) is 43.8 Å². The molecule has 3 aliphatic rings. The lowest BCUT2D eigenvalue weighted by Gasteiger charge is -2.41. The Morgan fingerprint density at radius 3 is 2.42 bits per heavy atom. The molecule has 5 rings (SSSR count). The number of benzene rings is 2. The van der Waals surface area contributed by atoms with Gasteiger partial charge in [0.25, 0.3) is 5.91 Å². The predicted octanol–water partition coefficient (Wildman–Crippen LogP) is 4.42. The summed E-state index contributed by atoms with van der Waals surface area (Å²) in [5.41, 5.74) is 7.49. The van der Waals surface area contributed by atoms with Gasteiger partial charge in [-0.3, -0.25) is 4.79 Å². The van der Waals surface area contributed by atoms with E-state index in [1.165, 1.54) is 17.7 Å². The lowest BCUT2D eigenvalue weighted by Crippen LogP contribution is -2.57. The maximum absolute atomic E-state index is 13.8. The molecule has 0 saturated heterocycles. The molecule has 0 bridgehead atoms. The van der Waals surface area contributed by atoms with E-state index in [4.69, 9.17) is 28.9 Å². The number of nitrogens with zero attached hydrogens (tertiary/aromatic N) is 3. The molecule has 2 aliphatic carbocycles. The van der Waals surface area contributed by atoms with Gasteiger partial charge in [-0.05, 0) is 61.6 Å². The number of primary amides is 1. The summed E-state index contributed by atoms with van der Waals surface area (Å²) in [6.07, 6.45) is 3.56. The van der Waals surface area contributed by atoms with Crippen LogP contribution in [0.25, 0.3) is 0 Å². The van der Waals surface area contributed by atoms with Crippen LogP contribution in [0.2, 0.25) is 10.0 Å². The number of anilines is 2. The van der Waals surface area contributed by atoms with Gasteiger partial charge in [0.15, 0.2) is 0 Å². The maximum atomic E-state index is 13.8. The molecule has 2 aromatic rings. The summed E-state index contributed by atoms with van der Waals surface area (Å²) in [7, 11) is 0. The van der Waals surface area contributed by atoms with Gasteiger partial charge in [0.2, 0.25) is 0 Å². The minimum absolute atomic E-state index is 0.0765. The van der Waals surface area contributed by atoms with Crippen molar-refractivity contribution in [2.24, 2.45) is 5.73 Å². The second-order valence-corrected chi connectivity index (χ2v) is 9.41. The normalized spacial score (nSPS) is 19.0. The van der Waals surface area contributed by atoms with Crippen LogP contribution >= 0.6 is 23.2 Å². The second kappa shape index (κ2) is 7.61. The fraction of sp³-hybridized carbons (Fsp3) is 0.391. The van der Waals surface area contributed by atoms with E-state index in [9.17, 15) is 9.59 Å². The number of nitrogens with two attached hydrogens (primary N) is 1. The Kier molecular flexibility index (Phi) is 5.02. The van der Waals surface area contributed by atoms with Crippen LogP contribution in [0.4, 0.5) is 16.2 Å². The van der Waals surface area contributed by atoms with Gasteiger partial charge in [-0.25, -0.2) is 4.79 Å². The third kappa shape index (κ3) is 3.62. The Bertz CT molecular complexity index is 1050. The van der Waals surface area contributed by atoms with E-state index >= 15 is 0 Å². The largest absolute Gasteiger partial charge is 0.365 e. The van der Waals surface area contributed by atoms with Gasteiger partial charge in [0, 0.05) is 29.2 Å². The Balaban J connectivity index is 1.45. The molecule has 2 aromatic carbocycles. The van der Waals surface area contributed by atoms with E-state index in [0.29, 0.717) is 41.0 Å². The topological polar surface area (TPSA) is 69.9 Å². The lowest BCUT2D eigenvalue weighted by molar-refractivity contribution is -0.124. The zero-order valence-corrected chi connectivity index (χ0v) is 18.6. The fourth-order valence-electron chi connectivity index (χ4n) is 4.60. The number of urea groups is 1. The van der Waals surface area contributed by atoms with Gasteiger partial charge in [-0.1, -0.05) is 35.3 Å². The van der Waals surface area contributed by atoms with Crippen LogP contribution in [0.3, 0.4) is 0 Å². The Morgan fingerprint density at radius 1 is 1.06 bits per heavy atom. The Hall–Kier alpha value is -2.44. The van der Waals surface area contributed by atoms with Crippen molar-refractivity contribution in [1.82, 2.24) is 4.90 Å². The van der Waals surface area contributed by atoms with E-state index in [1.807, 2.05) is 23.1 Å². The van der Waals surface area contributed by atoms with E-state index in [0.717, 1.165) is 17.9 Å². The van der Waals surface area contributed by atoms with Crippen LogP contribution < -0.4 is 15.5 Å². The molecule has 0 unspecified atom stereocenters. The van der Waals surface area contributed by atoms with Gasteiger partial charge in [-0.15, -0.1) is 0 Å². The number of hydrogen-bond acceptors (Lipinski definition) is 3. The maximum Gasteiger partial charge on any atom is 0.315 e. The molecule has 2 fully saturated rings. The van der Waals surface area contributed by atoms with Crippen LogP contribution in [0.15, 0.2) is 42.5 Å². The molecule has 0 radical (unpaired) electrons. The number of para-hydroxylation sites is 2. The number of amides is 3. The van der Waals surface area contributed by atoms with Gasteiger partial charge < -0.3 is 20.4 Å². The van der Waals surface area contributed by atoms with Gasteiger partial charge in [0.05, 0.1) is 17.9 Å². The summed E-state index contributed by atoms with van der Waals surface area (Å²) in [5.74, 6) is -0.0765. The van der Waals surface area contributed by atoms with Crippen molar-refractivity contribution in [3.8, 4) is 0 Å². The highest BCUT2D eigenvalue weighted by Gasteiger charge is 2.58. The average molecular weight is 459 g/mol. The lowest BCUT2D eigenvalue weighted by atomic mass is 10.1. The van der Waals surface area contributed by atoms with Crippen LogP contribution in [0.1, 0.15) is 31.2 Å². The first-order chi connectivity index (χ1) is 14.9. The number of fused-ring (bicyclic) bond motifs is 1. The van der Waals surface area contributed by atoms with Crippen molar-refractivity contribution in [3.05, 3.63) is 58.1 Å². The molecule has 31 heavy (non-hydrogen) atoms. The van der Waals surface area contributed by atoms with E-state index in [2.05, 4.69) is 11.0 Å². The molecular formula is C23H24Cl2N4O2. The molecule has 0 aromatic heterocycles. The summed E-state index contributed by atoms with van der Waals surface area (Å²) in [5, 5.41) is 1.01. The Labute approximate surface area is 191 Å². The zero-order chi connectivity index (χ0) is 21.8. The quantitative estimate of drug-likeness (QED) is 0.720. The van der Waals surface area contributed by atoms with Crippen LogP contribution in [0, 0.1) is 0 Å². The third-order valence-electron chi connectivity index (χ3n) is 6.52. The molecule has 3 amide bonds. The number of rotatable bonds is 5. The minimum atomic E-state index is -0.938. The number of halogens is 2. The molecule has 2 N–H and O–H groups in total. The molecule has 0 spiro atoms. The first-order valence-corrected chi connectivity index (χ1v) is 11.3. The molecule has 2 saturated carbocycles. The first kappa shape index (κ1) is 20.5. The highest BCUT2D eigenvalue weighted by Crippen LogP contribution is 2.47. The molecule has 8 heteroatoms. The standard InChI is InChI=1S/C23H24Cl2N4O2/c24-16-5-8-18(25)15(13-16)14-29(22(26)31)23(9-10-23)21(30)28-12-11-27(17-6-7-17)19-3-1-2-4-20(19)28/h1-5,8,13,17H,6-7,9-12,14H2,(H2,26,31). The summed E-state index contributed by atoms with van der Waals surface area (Å²) < 4.78 is 0. The average Bonchev–Trinajstić information content (AvgIpc) is 3.67. The van der Waals surface area contributed by atoms with E-state index < -0.39 is 11.6 Å².